The Morgan fingerprint density at radius 2 is 2.06 bits per heavy atom. The molecule has 1 aromatic rings. The minimum atomic E-state index is -0.122. The van der Waals surface area contributed by atoms with Crippen molar-refractivity contribution >= 4 is 15.9 Å². The number of hydrogen-bond donors (Lipinski definition) is 1. The van der Waals surface area contributed by atoms with Crippen LogP contribution in [0, 0.1) is 0 Å². The maximum atomic E-state index is 6.27. The Bertz CT molecular complexity index is 410. The summed E-state index contributed by atoms with van der Waals surface area (Å²) in [4.78, 5) is 0. The molecule has 2 fully saturated rings. The molecule has 2 aliphatic carbocycles. The summed E-state index contributed by atoms with van der Waals surface area (Å²) in [6, 6.07) is 6.19. The van der Waals surface area contributed by atoms with Crippen LogP contribution in [0.2, 0.25) is 0 Å². The van der Waals surface area contributed by atoms with Crippen molar-refractivity contribution in [2.45, 2.75) is 43.7 Å². The summed E-state index contributed by atoms with van der Waals surface area (Å²) in [6.45, 7) is 0. The summed E-state index contributed by atoms with van der Waals surface area (Å²) in [5.41, 5.74) is 7.32. The Labute approximate surface area is 104 Å². The van der Waals surface area contributed by atoms with Gasteiger partial charge in [0.2, 0.25) is 0 Å². The Morgan fingerprint density at radius 1 is 1.31 bits per heavy atom. The minimum Gasteiger partial charge on any atom is -0.490 e. The van der Waals surface area contributed by atoms with Gasteiger partial charge in [-0.3, -0.25) is 0 Å². The van der Waals surface area contributed by atoms with E-state index in [1.165, 1.54) is 24.8 Å². The molecule has 2 saturated carbocycles. The minimum absolute atomic E-state index is 0.122. The molecule has 0 aromatic heterocycles. The van der Waals surface area contributed by atoms with Crippen molar-refractivity contribution in [1.82, 2.24) is 0 Å². The predicted molar refractivity (Wildman–Crippen MR) is 67.5 cm³/mol. The zero-order valence-corrected chi connectivity index (χ0v) is 10.8. The normalized spacial score (nSPS) is 22.6. The van der Waals surface area contributed by atoms with Gasteiger partial charge in [-0.2, -0.15) is 0 Å². The highest BCUT2D eigenvalue weighted by Gasteiger charge is 2.42. The van der Waals surface area contributed by atoms with Crippen molar-refractivity contribution in [2.75, 3.05) is 0 Å². The topological polar surface area (TPSA) is 35.2 Å². The van der Waals surface area contributed by atoms with Crippen molar-refractivity contribution in [2.24, 2.45) is 5.73 Å². The van der Waals surface area contributed by atoms with Gasteiger partial charge in [-0.25, -0.2) is 0 Å². The SMILES string of the molecule is NC1(c2cc(Br)ccc2OC2CCC2)CC1. The van der Waals surface area contributed by atoms with Gasteiger partial charge in [0, 0.05) is 15.6 Å². The number of ether oxygens (including phenoxy) is 1. The number of hydrogen-bond acceptors (Lipinski definition) is 2. The highest BCUT2D eigenvalue weighted by Crippen LogP contribution is 2.47. The summed E-state index contributed by atoms with van der Waals surface area (Å²) in [6.07, 6.45) is 6.24. The first-order valence-electron chi connectivity index (χ1n) is 5.93. The molecule has 0 atom stereocenters. The van der Waals surface area contributed by atoms with Crippen LogP contribution in [0.15, 0.2) is 22.7 Å². The highest BCUT2D eigenvalue weighted by atomic mass is 79.9. The Kier molecular flexibility index (Phi) is 2.48. The molecule has 0 amide bonds. The molecule has 0 saturated heterocycles. The summed E-state index contributed by atoms with van der Waals surface area (Å²) < 4.78 is 7.09. The maximum absolute atomic E-state index is 6.27. The second-order valence-electron chi connectivity index (χ2n) is 4.97. The van der Waals surface area contributed by atoms with Crippen LogP contribution >= 0.6 is 15.9 Å². The van der Waals surface area contributed by atoms with Crippen molar-refractivity contribution in [3.63, 3.8) is 0 Å². The number of halogens is 1. The van der Waals surface area contributed by atoms with Gasteiger partial charge < -0.3 is 10.5 Å². The largest absolute Gasteiger partial charge is 0.490 e. The van der Waals surface area contributed by atoms with Crippen LogP contribution < -0.4 is 10.5 Å². The van der Waals surface area contributed by atoms with E-state index in [-0.39, 0.29) is 5.54 Å². The van der Waals surface area contributed by atoms with Crippen LogP contribution in [0.25, 0.3) is 0 Å². The average molecular weight is 282 g/mol. The van der Waals surface area contributed by atoms with Crippen LogP contribution in [-0.4, -0.2) is 6.10 Å². The Hall–Kier alpha value is -0.540. The van der Waals surface area contributed by atoms with Crippen LogP contribution in [0.1, 0.15) is 37.7 Å². The van der Waals surface area contributed by atoms with E-state index in [1.54, 1.807) is 0 Å². The molecule has 2 aliphatic rings. The maximum Gasteiger partial charge on any atom is 0.124 e. The third kappa shape index (κ3) is 1.87. The van der Waals surface area contributed by atoms with E-state index in [9.17, 15) is 0 Å². The molecular weight excluding hydrogens is 266 g/mol. The molecule has 0 unspecified atom stereocenters. The summed E-state index contributed by atoms with van der Waals surface area (Å²) in [5.74, 6) is 0.993. The van der Waals surface area contributed by atoms with Gasteiger partial charge in [-0.1, -0.05) is 15.9 Å². The molecule has 86 valence electrons. The molecule has 0 bridgehead atoms. The second kappa shape index (κ2) is 3.74. The monoisotopic (exact) mass is 281 g/mol. The van der Waals surface area contributed by atoms with Gasteiger partial charge >= 0.3 is 0 Å². The standard InChI is InChI=1S/C13H16BrNO/c14-9-4-5-12(16-10-2-1-3-10)11(8-9)13(15)6-7-13/h4-5,8,10H,1-3,6-7,15H2. The molecule has 0 spiro atoms. The van der Waals surface area contributed by atoms with Crippen LogP contribution in [0.4, 0.5) is 0 Å². The third-order valence-electron chi connectivity index (χ3n) is 3.61. The Morgan fingerprint density at radius 3 is 2.62 bits per heavy atom. The quantitative estimate of drug-likeness (QED) is 0.923. The number of rotatable bonds is 3. The number of benzene rings is 1. The summed E-state index contributed by atoms with van der Waals surface area (Å²) in [7, 11) is 0. The van der Waals surface area contributed by atoms with E-state index in [0.29, 0.717) is 6.10 Å². The molecule has 2 nitrogen and oxygen atoms in total. The van der Waals surface area contributed by atoms with Gasteiger partial charge in [0.25, 0.3) is 0 Å². The van der Waals surface area contributed by atoms with Crippen LogP contribution in [0.5, 0.6) is 5.75 Å². The Balaban J connectivity index is 1.89. The van der Waals surface area contributed by atoms with E-state index < -0.39 is 0 Å². The molecule has 2 N–H and O–H groups in total. The molecule has 1 aromatic carbocycles. The fraction of sp³-hybridized carbons (Fsp3) is 0.538. The fourth-order valence-corrected chi connectivity index (χ4v) is 2.43. The lowest BCUT2D eigenvalue weighted by Gasteiger charge is -2.28. The lowest BCUT2D eigenvalue weighted by atomic mass is 9.95. The van der Waals surface area contributed by atoms with E-state index in [0.717, 1.165) is 23.1 Å². The van der Waals surface area contributed by atoms with Gasteiger partial charge in [0.15, 0.2) is 0 Å². The van der Waals surface area contributed by atoms with E-state index in [2.05, 4.69) is 22.0 Å². The van der Waals surface area contributed by atoms with E-state index in [1.807, 2.05) is 12.1 Å². The summed E-state index contributed by atoms with van der Waals surface area (Å²) >= 11 is 3.50. The lowest BCUT2D eigenvalue weighted by Crippen LogP contribution is -2.27. The van der Waals surface area contributed by atoms with Crippen molar-refractivity contribution in [3.8, 4) is 5.75 Å². The van der Waals surface area contributed by atoms with Crippen molar-refractivity contribution < 1.29 is 4.74 Å². The molecule has 3 heteroatoms. The molecule has 0 radical (unpaired) electrons. The molecule has 3 rings (SSSR count). The van der Waals surface area contributed by atoms with Crippen molar-refractivity contribution in [1.29, 1.82) is 0 Å². The average Bonchev–Trinajstić information content (AvgIpc) is 2.93. The van der Waals surface area contributed by atoms with Crippen LogP contribution in [-0.2, 0) is 5.54 Å². The smallest absolute Gasteiger partial charge is 0.124 e. The number of nitrogens with two attached hydrogens (primary N) is 1. The van der Waals surface area contributed by atoms with Crippen LogP contribution in [0.3, 0.4) is 0 Å². The first kappa shape index (κ1) is 10.6. The van der Waals surface area contributed by atoms with Gasteiger partial charge in [-0.05, 0) is 50.3 Å². The molecule has 0 aliphatic heterocycles. The van der Waals surface area contributed by atoms with E-state index >= 15 is 0 Å². The van der Waals surface area contributed by atoms with Gasteiger partial charge in [-0.15, -0.1) is 0 Å². The van der Waals surface area contributed by atoms with Gasteiger partial charge in [0.1, 0.15) is 5.75 Å². The lowest BCUT2D eigenvalue weighted by molar-refractivity contribution is 0.118. The van der Waals surface area contributed by atoms with Crippen molar-refractivity contribution in [3.05, 3.63) is 28.2 Å². The van der Waals surface area contributed by atoms with E-state index in [4.69, 9.17) is 10.5 Å². The first-order chi connectivity index (χ1) is 7.67. The predicted octanol–water partition coefficient (Wildman–Crippen LogP) is 3.33. The molecule has 0 heterocycles. The van der Waals surface area contributed by atoms with Gasteiger partial charge in [0.05, 0.1) is 6.10 Å². The third-order valence-corrected chi connectivity index (χ3v) is 4.11. The highest BCUT2D eigenvalue weighted by molar-refractivity contribution is 9.10. The zero-order chi connectivity index (χ0) is 11.2. The second-order valence-corrected chi connectivity index (χ2v) is 5.88. The zero-order valence-electron chi connectivity index (χ0n) is 9.21. The fourth-order valence-electron chi connectivity index (χ4n) is 2.07. The first-order valence-corrected chi connectivity index (χ1v) is 6.72. The molecular formula is C13H16BrNO. The molecule has 16 heavy (non-hydrogen) atoms. The summed E-state index contributed by atoms with van der Waals surface area (Å²) in [5, 5.41) is 0.